The van der Waals surface area contributed by atoms with Crippen molar-refractivity contribution in [3.05, 3.63) is 317 Å². The molecule has 4 aliphatic rings. The van der Waals surface area contributed by atoms with Crippen LogP contribution in [-0.4, -0.2) is 0 Å². The van der Waals surface area contributed by atoms with Gasteiger partial charge in [0.25, 0.3) is 0 Å². The third-order valence-corrected chi connectivity index (χ3v) is 18.6. The predicted molar refractivity (Wildman–Crippen MR) is 335 cm³/mol. The molecule has 2 aliphatic carbocycles. The summed E-state index contributed by atoms with van der Waals surface area (Å²) in [7, 11) is 0. The van der Waals surface area contributed by atoms with Gasteiger partial charge >= 0.3 is 0 Å². The van der Waals surface area contributed by atoms with Crippen molar-refractivity contribution in [1.29, 1.82) is 0 Å². The molecule has 15 rings (SSSR count). The zero-order valence-corrected chi connectivity index (χ0v) is 46.3. The molecule has 0 saturated heterocycles. The molecular formula is C78H62N2. The van der Waals surface area contributed by atoms with Gasteiger partial charge in [0.1, 0.15) is 0 Å². The first-order valence-corrected chi connectivity index (χ1v) is 28.4. The number of nitrogens with zero attached hydrogens (tertiary/aromatic N) is 2. The van der Waals surface area contributed by atoms with Gasteiger partial charge in [-0.25, -0.2) is 0 Å². The van der Waals surface area contributed by atoms with Gasteiger partial charge in [0, 0.05) is 45.2 Å². The number of para-hydroxylation sites is 1. The van der Waals surface area contributed by atoms with Crippen LogP contribution in [0.25, 0.3) is 55.6 Å². The van der Waals surface area contributed by atoms with Gasteiger partial charge in [-0.05, 0) is 160 Å². The number of allylic oxidation sites excluding steroid dienone is 1. The molecule has 0 spiro atoms. The third kappa shape index (κ3) is 6.97. The summed E-state index contributed by atoms with van der Waals surface area (Å²) < 4.78 is 0. The molecular weight excluding hydrogens is 965 g/mol. The van der Waals surface area contributed by atoms with E-state index in [1.807, 2.05) is 0 Å². The van der Waals surface area contributed by atoms with Crippen LogP contribution in [0.2, 0.25) is 0 Å². The Balaban J connectivity index is 0.868. The van der Waals surface area contributed by atoms with Crippen molar-refractivity contribution in [3.8, 4) is 55.6 Å². The Labute approximate surface area is 471 Å². The highest BCUT2D eigenvalue weighted by Gasteiger charge is 2.48. The van der Waals surface area contributed by atoms with E-state index >= 15 is 0 Å². The number of benzene rings is 11. The van der Waals surface area contributed by atoms with E-state index in [4.69, 9.17) is 0 Å². The number of anilines is 5. The average Bonchev–Trinajstić information content (AvgIpc) is 4.00. The molecule has 11 aromatic carbocycles. The van der Waals surface area contributed by atoms with E-state index < -0.39 is 5.41 Å². The van der Waals surface area contributed by atoms with Gasteiger partial charge in [-0.15, -0.1) is 0 Å². The monoisotopic (exact) mass is 1030 g/mol. The first kappa shape index (κ1) is 47.9. The fourth-order valence-corrected chi connectivity index (χ4v) is 14.6. The SMILES string of the molecule is CC1(C)C=CN2c3ccccc3C(C)(C)c3ccc(-c4ccc5c(c4)C(c4ccccc4)(c4ccccc4)c4cc(-c6ccc(N(c7ccc(-c8ccccc8)cc7)c7ccc8c(c7)C(C)(C)c7ccccc7-8)cc6)ccc4-5)c1c32. The van der Waals surface area contributed by atoms with Crippen LogP contribution >= 0.6 is 0 Å². The molecule has 0 unspecified atom stereocenters. The molecule has 0 bridgehead atoms. The number of hydrogen-bond acceptors (Lipinski definition) is 2. The molecule has 0 N–H and O–H groups in total. The second-order valence-electron chi connectivity index (χ2n) is 24.1. The maximum absolute atomic E-state index is 2.54. The van der Waals surface area contributed by atoms with Crippen molar-refractivity contribution in [1.82, 2.24) is 0 Å². The second kappa shape index (κ2) is 17.6. The number of hydrogen-bond donors (Lipinski definition) is 0. The molecule has 11 aromatic rings. The Hall–Kier alpha value is -9.24. The van der Waals surface area contributed by atoms with E-state index in [-0.39, 0.29) is 16.2 Å². The van der Waals surface area contributed by atoms with E-state index in [0.717, 1.165) is 17.1 Å². The van der Waals surface area contributed by atoms with Crippen LogP contribution in [0.3, 0.4) is 0 Å². The van der Waals surface area contributed by atoms with E-state index in [2.05, 4.69) is 318 Å². The van der Waals surface area contributed by atoms with Crippen molar-refractivity contribution in [2.24, 2.45) is 0 Å². The standard InChI is InChI=1S/C78H62N2/c1-75(2)46-47-79-72-29-19-18-28-67(72)77(5,6)68-45-44-61(73(75)74(68)79)55-35-42-65-64-41-34-54(48-70(64)78(71(65)49-55,56-22-12-8-13-23-56)57-24-14-9-15-25-57)53-32-38-59(39-33-53)80(58-36-30-52(31-37-58)51-20-10-7-11-21-51)60-40-43-63-62-26-16-17-27-66(62)76(3,4)69(63)50-60/h7-50H,1-6H3. The predicted octanol–water partition coefficient (Wildman–Crippen LogP) is 20.4. The average molecular weight is 1030 g/mol. The lowest BCUT2D eigenvalue weighted by molar-refractivity contribution is 0.609. The molecule has 80 heavy (non-hydrogen) atoms. The number of rotatable bonds is 8. The normalized spacial score (nSPS) is 15.7. The van der Waals surface area contributed by atoms with Crippen LogP contribution in [0.1, 0.15) is 91.6 Å². The summed E-state index contributed by atoms with van der Waals surface area (Å²) in [5.41, 5.74) is 29.3. The highest BCUT2D eigenvalue weighted by Crippen LogP contribution is 2.60. The van der Waals surface area contributed by atoms with Gasteiger partial charge in [0.05, 0.1) is 11.1 Å². The minimum atomic E-state index is -0.601. The molecule has 2 heteroatoms. The van der Waals surface area contributed by atoms with E-state index in [0.29, 0.717) is 0 Å². The van der Waals surface area contributed by atoms with Gasteiger partial charge in [-0.1, -0.05) is 248 Å². The fraction of sp³-hybridized carbons (Fsp3) is 0.128. The van der Waals surface area contributed by atoms with E-state index in [9.17, 15) is 0 Å². The summed E-state index contributed by atoms with van der Waals surface area (Å²) >= 11 is 0. The van der Waals surface area contributed by atoms with E-state index in [1.165, 1.54) is 117 Å². The Morgan fingerprint density at radius 3 is 1.41 bits per heavy atom. The zero-order valence-electron chi connectivity index (χ0n) is 46.3. The maximum Gasteiger partial charge on any atom is 0.0713 e. The first-order chi connectivity index (χ1) is 38.9. The van der Waals surface area contributed by atoms with Crippen LogP contribution in [-0.2, 0) is 21.7 Å². The molecule has 2 heterocycles. The Morgan fingerprint density at radius 2 is 0.762 bits per heavy atom. The largest absolute Gasteiger partial charge is 0.317 e. The minimum absolute atomic E-state index is 0.128. The molecule has 2 aliphatic heterocycles. The van der Waals surface area contributed by atoms with Crippen LogP contribution in [0.4, 0.5) is 28.4 Å². The highest BCUT2D eigenvalue weighted by molar-refractivity contribution is 5.94. The summed E-state index contributed by atoms with van der Waals surface area (Å²) in [6.07, 6.45) is 4.72. The quantitative estimate of drug-likeness (QED) is 0.150. The molecule has 0 amide bonds. The van der Waals surface area contributed by atoms with Gasteiger partial charge in [0.2, 0.25) is 0 Å². The first-order valence-electron chi connectivity index (χ1n) is 28.4. The lowest BCUT2D eigenvalue weighted by Crippen LogP contribution is -2.36. The topological polar surface area (TPSA) is 6.48 Å². The minimum Gasteiger partial charge on any atom is -0.317 e. The third-order valence-electron chi connectivity index (χ3n) is 18.6. The summed E-state index contributed by atoms with van der Waals surface area (Å²) in [4.78, 5) is 4.89. The second-order valence-corrected chi connectivity index (χ2v) is 24.1. The summed E-state index contributed by atoms with van der Waals surface area (Å²) in [6, 6.07) is 95.9. The van der Waals surface area contributed by atoms with Crippen molar-refractivity contribution >= 4 is 28.4 Å². The number of fused-ring (bicyclic) bond motifs is 8. The molecule has 0 aromatic heterocycles. The van der Waals surface area contributed by atoms with Crippen LogP contribution in [0, 0.1) is 0 Å². The summed E-state index contributed by atoms with van der Waals surface area (Å²) in [6.45, 7) is 14.3. The summed E-state index contributed by atoms with van der Waals surface area (Å²) in [5, 5.41) is 0. The molecule has 0 saturated carbocycles. The Morgan fingerprint density at radius 1 is 0.312 bits per heavy atom. The molecule has 2 nitrogen and oxygen atoms in total. The fourth-order valence-electron chi connectivity index (χ4n) is 14.6. The Kier molecular flexibility index (Phi) is 10.6. The van der Waals surface area contributed by atoms with Crippen molar-refractivity contribution in [2.75, 3.05) is 9.80 Å². The van der Waals surface area contributed by atoms with E-state index in [1.54, 1.807) is 0 Å². The van der Waals surface area contributed by atoms with Crippen molar-refractivity contribution < 1.29 is 0 Å². The van der Waals surface area contributed by atoms with Crippen LogP contribution in [0.5, 0.6) is 0 Å². The summed E-state index contributed by atoms with van der Waals surface area (Å²) in [5.74, 6) is 0. The molecule has 0 radical (unpaired) electrons. The molecule has 0 atom stereocenters. The van der Waals surface area contributed by atoms with Crippen LogP contribution < -0.4 is 9.80 Å². The Bertz CT molecular complexity index is 4260. The molecule has 0 fully saturated rings. The smallest absolute Gasteiger partial charge is 0.0713 e. The van der Waals surface area contributed by atoms with Gasteiger partial charge in [0.15, 0.2) is 0 Å². The van der Waals surface area contributed by atoms with Gasteiger partial charge in [-0.3, -0.25) is 0 Å². The zero-order chi connectivity index (χ0) is 54.1. The van der Waals surface area contributed by atoms with Crippen molar-refractivity contribution in [2.45, 2.75) is 63.2 Å². The molecule has 384 valence electrons. The van der Waals surface area contributed by atoms with Crippen LogP contribution in [0.15, 0.2) is 267 Å². The lowest BCUT2D eigenvalue weighted by atomic mass is 9.66. The van der Waals surface area contributed by atoms with Gasteiger partial charge < -0.3 is 9.80 Å². The highest BCUT2D eigenvalue weighted by atomic mass is 15.2. The van der Waals surface area contributed by atoms with Gasteiger partial charge in [-0.2, -0.15) is 0 Å². The van der Waals surface area contributed by atoms with Crippen molar-refractivity contribution in [3.63, 3.8) is 0 Å². The maximum atomic E-state index is 2.54. The lowest BCUT2D eigenvalue weighted by Gasteiger charge is -2.46.